The fraction of sp³-hybridized carbons (Fsp3) is 0.391. The van der Waals surface area contributed by atoms with Gasteiger partial charge in [0.2, 0.25) is 0 Å². The molecule has 1 fully saturated rings. The van der Waals surface area contributed by atoms with E-state index in [1.165, 1.54) is 6.07 Å². The van der Waals surface area contributed by atoms with E-state index in [0.717, 1.165) is 42.9 Å². The van der Waals surface area contributed by atoms with Crippen LogP contribution in [0, 0.1) is 5.41 Å². The average Bonchev–Trinajstić information content (AvgIpc) is 2.76. The predicted octanol–water partition coefficient (Wildman–Crippen LogP) is 3.02. The predicted molar refractivity (Wildman–Crippen MR) is 121 cm³/mol. The average molecular weight is 423 g/mol. The number of fused-ring (bicyclic) bond motifs is 1. The van der Waals surface area contributed by atoms with E-state index < -0.39 is 0 Å². The van der Waals surface area contributed by atoms with Crippen LogP contribution in [-0.2, 0) is 0 Å². The van der Waals surface area contributed by atoms with Crippen LogP contribution >= 0.6 is 0 Å². The van der Waals surface area contributed by atoms with E-state index in [1.54, 1.807) is 16.7 Å². The standard InChI is InChI=1S/C23H27FN6O/c1-15-13-26-20(16(2)27-15)11-19(25)21-12-23(31)30-14-18(3-4-22(30)28-21)17-5-8-29(9-6-17)10-7-24/h3-4,11-14,17,25-26H,5-10H2,1-2H3/b20-11-,25-19?. The summed E-state index contributed by atoms with van der Waals surface area (Å²) in [6.07, 6.45) is 7.18. The van der Waals surface area contributed by atoms with Crippen LogP contribution < -0.4 is 10.9 Å². The van der Waals surface area contributed by atoms with Gasteiger partial charge in [-0.3, -0.25) is 19.6 Å². The number of piperidine rings is 1. The first kappa shape index (κ1) is 21.1. The molecule has 0 unspecified atom stereocenters. The SMILES string of the molecule is CC1=CN/C(=C\C(=N)c2cc(=O)n3cc(C4CCN(CCF)CC4)ccc3n2)C(C)=N1. The fourth-order valence-electron chi connectivity index (χ4n) is 4.12. The van der Waals surface area contributed by atoms with Gasteiger partial charge in [0.05, 0.1) is 28.5 Å². The van der Waals surface area contributed by atoms with Crippen molar-refractivity contribution in [3.63, 3.8) is 0 Å². The molecule has 0 saturated carbocycles. The zero-order valence-electron chi connectivity index (χ0n) is 17.9. The van der Waals surface area contributed by atoms with Crippen LogP contribution in [0.4, 0.5) is 4.39 Å². The van der Waals surface area contributed by atoms with Crippen LogP contribution in [0.25, 0.3) is 5.65 Å². The van der Waals surface area contributed by atoms with Crippen molar-refractivity contribution in [2.24, 2.45) is 4.99 Å². The lowest BCUT2D eigenvalue weighted by Crippen LogP contribution is -2.34. The second-order valence-corrected chi connectivity index (χ2v) is 8.07. The molecule has 2 aliphatic rings. The third-order valence-electron chi connectivity index (χ3n) is 5.88. The zero-order valence-corrected chi connectivity index (χ0v) is 17.9. The van der Waals surface area contributed by atoms with Crippen LogP contribution in [0.5, 0.6) is 0 Å². The molecular formula is C23H27FN6O. The van der Waals surface area contributed by atoms with Gasteiger partial charge in [-0.25, -0.2) is 9.37 Å². The molecule has 8 heteroatoms. The highest BCUT2D eigenvalue weighted by Gasteiger charge is 2.21. The van der Waals surface area contributed by atoms with Crippen molar-refractivity contribution < 1.29 is 4.39 Å². The van der Waals surface area contributed by atoms with Gasteiger partial charge >= 0.3 is 0 Å². The van der Waals surface area contributed by atoms with Crippen LogP contribution in [0.1, 0.15) is 43.9 Å². The molecule has 0 amide bonds. The van der Waals surface area contributed by atoms with Gasteiger partial charge in [0.25, 0.3) is 5.56 Å². The Morgan fingerprint density at radius 3 is 2.81 bits per heavy atom. The van der Waals surface area contributed by atoms with Crippen molar-refractivity contribution in [2.45, 2.75) is 32.6 Å². The summed E-state index contributed by atoms with van der Waals surface area (Å²) in [7, 11) is 0. The molecule has 0 spiro atoms. The Hall–Kier alpha value is -3.13. The Morgan fingerprint density at radius 2 is 2.10 bits per heavy atom. The van der Waals surface area contributed by atoms with Gasteiger partial charge in [-0.05, 0) is 63.4 Å². The summed E-state index contributed by atoms with van der Waals surface area (Å²) in [5.74, 6) is 0.353. The molecule has 4 heterocycles. The quantitative estimate of drug-likeness (QED) is 0.726. The van der Waals surface area contributed by atoms with E-state index in [2.05, 4.69) is 20.2 Å². The van der Waals surface area contributed by atoms with Crippen molar-refractivity contribution in [2.75, 3.05) is 26.3 Å². The number of hydrogen-bond acceptors (Lipinski definition) is 6. The van der Waals surface area contributed by atoms with Crippen LogP contribution in [0.2, 0.25) is 0 Å². The molecular weight excluding hydrogens is 395 g/mol. The molecule has 2 aromatic rings. The van der Waals surface area contributed by atoms with Gasteiger partial charge in [0.15, 0.2) is 0 Å². The molecule has 2 N–H and O–H groups in total. The summed E-state index contributed by atoms with van der Waals surface area (Å²) in [5.41, 5.74) is 4.24. The van der Waals surface area contributed by atoms with Gasteiger partial charge in [-0.1, -0.05) is 6.07 Å². The Kier molecular flexibility index (Phi) is 6.08. The zero-order chi connectivity index (χ0) is 22.0. The van der Waals surface area contributed by atoms with Crippen molar-refractivity contribution in [3.8, 4) is 0 Å². The Morgan fingerprint density at radius 1 is 1.32 bits per heavy atom. The minimum absolute atomic E-state index is 0.147. The molecule has 1 saturated heterocycles. The lowest BCUT2D eigenvalue weighted by molar-refractivity contribution is 0.197. The number of hydrogen-bond donors (Lipinski definition) is 2. The molecule has 0 aromatic carbocycles. The third-order valence-corrected chi connectivity index (χ3v) is 5.88. The monoisotopic (exact) mass is 422 g/mol. The third kappa shape index (κ3) is 4.64. The van der Waals surface area contributed by atoms with Crippen LogP contribution in [-0.4, -0.2) is 52.0 Å². The largest absolute Gasteiger partial charge is 0.358 e. The highest BCUT2D eigenvalue weighted by Crippen LogP contribution is 2.27. The molecule has 4 rings (SSSR count). The smallest absolute Gasteiger partial charge is 0.258 e. The molecule has 2 aromatic heterocycles. The summed E-state index contributed by atoms with van der Waals surface area (Å²) in [4.78, 5) is 23.8. The van der Waals surface area contributed by atoms with Gasteiger partial charge in [-0.2, -0.15) is 0 Å². The van der Waals surface area contributed by atoms with E-state index in [4.69, 9.17) is 5.41 Å². The van der Waals surface area contributed by atoms with E-state index in [0.29, 0.717) is 29.5 Å². The number of allylic oxidation sites excluding steroid dienone is 3. The Labute approximate surface area is 180 Å². The van der Waals surface area contributed by atoms with Gasteiger partial charge in [-0.15, -0.1) is 0 Å². The van der Waals surface area contributed by atoms with Crippen molar-refractivity contribution in [1.82, 2.24) is 19.6 Å². The van der Waals surface area contributed by atoms with Crippen molar-refractivity contribution in [3.05, 3.63) is 69.7 Å². The minimum atomic E-state index is -0.311. The summed E-state index contributed by atoms with van der Waals surface area (Å²) < 4.78 is 14.1. The maximum atomic E-state index is 12.8. The van der Waals surface area contributed by atoms with Crippen molar-refractivity contribution >= 4 is 17.1 Å². The second-order valence-electron chi connectivity index (χ2n) is 8.07. The Bertz CT molecular complexity index is 1150. The Balaban J connectivity index is 1.56. The van der Waals surface area contributed by atoms with Gasteiger partial charge in [0, 0.05) is 25.0 Å². The number of halogens is 1. The molecule has 162 valence electrons. The lowest BCUT2D eigenvalue weighted by atomic mass is 9.90. The lowest BCUT2D eigenvalue weighted by Gasteiger charge is -2.31. The summed E-state index contributed by atoms with van der Waals surface area (Å²) in [6.45, 7) is 5.69. The summed E-state index contributed by atoms with van der Waals surface area (Å²) in [6, 6.07) is 5.25. The molecule has 0 aliphatic carbocycles. The topological polar surface area (TPSA) is 85.9 Å². The first-order valence-electron chi connectivity index (χ1n) is 10.6. The van der Waals surface area contributed by atoms with E-state index in [1.807, 2.05) is 32.2 Å². The van der Waals surface area contributed by atoms with Crippen LogP contribution in [0.15, 0.2) is 57.9 Å². The molecule has 0 bridgehead atoms. The molecule has 2 aliphatic heterocycles. The van der Waals surface area contributed by atoms with E-state index in [9.17, 15) is 9.18 Å². The molecule has 0 radical (unpaired) electrons. The number of alkyl halides is 1. The van der Waals surface area contributed by atoms with Gasteiger partial charge in [0.1, 0.15) is 12.3 Å². The van der Waals surface area contributed by atoms with E-state index >= 15 is 0 Å². The summed E-state index contributed by atoms with van der Waals surface area (Å²) >= 11 is 0. The first-order chi connectivity index (χ1) is 14.9. The number of aliphatic imine (C=N–C) groups is 1. The van der Waals surface area contributed by atoms with Gasteiger partial charge < -0.3 is 10.2 Å². The molecule has 0 atom stereocenters. The number of nitrogens with one attached hydrogen (secondary N) is 2. The number of likely N-dealkylation sites (tertiary alicyclic amines) is 1. The van der Waals surface area contributed by atoms with E-state index in [-0.39, 0.29) is 17.9 Å². The number of pyridine rings is 1. The fourth-order valence-corrected chi connectivity index (χ4v) is 4.12. The minimum Gasteiger partial charge on any atom is -0.358 e. The van der Waals surface area contributed by atoms with Crippen molar-refractivity contribution in [1.29, 1.82) is 5.41 Å². The normalized spacial score (nSPS) is 19.3. The summed E-state index contributed by atoms with van der Waals surface area (Å²) in [5, 5.41) is 11.5. The van der Waals surface area contributed by atoms with Crippen LogP contribution in [0.3, 0.4) is 0 Å². The first-order valence-corrected chi connectivity index (χ1v) is 10.6. The highest BCUT2D eigenvalue weighted by atomic mass is 19.1. The number of aromatic nitrogens is 2. The molecule has 7 nitrogen and oxygen atoms in total. The molecule has 31 heavy (non-hydrogen) atoms. The number of nitrogens with zero attached hydrogens (tertiary/aromatic N) is 4. The highest BCUT2D eigenvalue weighted by molar-refractivity contribution is 6.11. The number of rotatable bonds is 5. The second kappa shape index (κ2) is 8.93. The maximum Gasteiger partial charge on any atom is 0.258 e. The maximum absolute atomic E-state index is 12.8.